The lowest BCUT2D eigenvalue weighted by molar-refractivity contribution is -0.122. The van der Waals surface area contributed by atoms with Crippen LogP contribution >= 0.6 is 11.8 Å². The maximum absolute atomic E-state index is 11.9. The van der Waals surface area contributed by atoms with Crippen molar-refractivity contribution in [1.82, 2.24) is 5.32 Å². The Labute approximate surface area is 117 Å². The molecule has 0 spiro atoms. The molecule has 1 heterocycles. The lowest BCUT2D eigenvalue weighted by Gasteiger charge is -2.20. The fourth-order valence-electron chi connectivity index (χ4n) is 2.23. The van der Waals surface area contributed by atoms with Crippen molar-refractivity contribution in [3.63, 3.8) is 0 Å². The first-order valence-corrected chi connectivity index (χ1v) is 7.72. The van der Waals surface area contributed by atoms with Crippen molar-refractivity contribution in [2.24, 2.45) is 5.92 Å². The second-order valence-electron chi connectivity index (χ2n) is 4.92. The van der Waals surface area contributed by atoms with Crippen LogP contribution in [0.2, 0.25) is 0 Å². The van der Waals surface area contributed by atoms with E-state index in [0.717, 1.165) is 24.3 Å². The van der Waals surface area contributed by atoms with Gasteiger partial charge in [-0.25, -0.2) is 0 Å². The highest BCUT2D eigenvalue weighted by Crippen LogP contribution is 2.25. The van der Waals surface area contributed by atoms with Crippen LogP contribution in [-0.4, -0.2) is 22.5 Å². The number of rotatable bonds is 4. The number of thioether (sulfide) groups is 1. The average Bonchev–Trinajstić information content (AvgIpc) is 2.41. The van der Waals surface area contributed by atoms with E-state index in [1.165, 1.54) is 0 Å². The summed E-state index contributed by atoms with van der Waals surface area (Å²) in [7, 11) is 0. The lowest BCUT2D eigenvalue weighted by Crippen LogP contribution is -2.26. The summed E-state index contributed by atoms with van der Waals surface area (Å²) < 4.78 is 0. The SMILES string of the molecule is Nc1ccc(O)c(CNC(=O)CC2CCSCC2)c1. The normalized spacial score (nSPS) is 16.2. The van der Waals surface area contributed by atoms with Crippen LogP contribution in [0.4, 0.5) is 5.69 Å². The van der Waals surface area contributed by atoms with Crippen molar-refractivity contribution in [2.75, 3.05) is 17.2 Å². The van der Waals surface area contributed by atoms with Gasteiger partial charge in [-0.2, -0.15) is 11.8 Å². The number of phenols is 1. The summed E-state index contributed by atoms with van der Waals surface area (Å²) in [5, 5.41) is 12.5. The van der Waals surface area contributed by atoms with Gasteiger partial charge in [-0.15, -0.1) is 0 Å². The smallest absolute Gasteiger partial charge is 0.220 e. The molecular weight excluding hydrogens is 260 g/mol. The Balaban J connectivity index is 1.81. The minimum absolute atomic E-state index is 0.0544. The predicted molar refractivity (Wildman–Crippen MR) is 79.0 cm³/mol. The van der Waals surface area contributed by atoms with Crippen LogP contribution in [0.1, 0.15) is 24.8 Å². The summed E-state index contributed by atoms with van der Waals surface area (Å²) in [6, 6.07) is 4.88. The van der Waals surface area contributed by atoms with Crippen LogP contribution < -0.4 is 11.1 Å². The van der Waals surface area contributed by atoms with Crippen LogP contribution in [0.15, 0.2) is 18.2 Å². The van der Waals surface area contributed by atoms with Gasteiger partial charge in [0.2, 0.25) is 5.91 Å². The van der Waals surface area contributed by atoms with Gasteiger partial charge in [0.05, 0.1) is 0 Å². The monoisotopic (exact) mass is 280 g/mol. The molecule has 1 saturated heterocycles. The van der Waals surface area contributed by atoms with E-state index >= 15 is 0 Å². The summed E-state index contributed by atoms with van der Waals surface area (Å²) in [4.78, 5) is 11.9. The molecule has 1 fully saturated rings. The molecular formula is C14H20N2O2S. The van der Waals surface area contributed by atoms with Crippen LogP contribution in [0.25, 0.3) is 0 Å². The molecule has 0 aromatic heterocycles. The van der Waals surface area contributed by atoms with E-state index in [1.807, 2.05) is 11.8 Å². The third-order valence-corrected chi connectivity index (χ3v) is 4.44. The highest BCUT2D eigenvalue weighted by molar-refractivity contribution is 7.99. The van der Waals surface area contributed by atoms with Crippen molar-refractivity contribution in [3.8, 4) is 5.75 Å². The number of nitrogens with two attached hydrogens (primary N) is 1. The first kappa shape index (κ1) is 14.1. The standard InChI is InChI=1S/C14H20N2O2S/c15-12-1-2-13(17)11(8-12)9-16-14(18)7-10-3-5-19-6-4-10/h1-2,8,10,17H,3-7,9,15H2,(H,16,18). The van der Waals surface area contributed by atoms with Crippen LogP contribution in [0.5, 0.6) is 5.75 Å². The van der Waals surface area contributed by atoms with E-state index in [4.69, 9.17) is 5.73 Å². The number of carbonyl (C=O) groups excluding carboxylic acids is 1. The summed E-state index contributed by atoms with van der Waals surface area (Å²) in [6.45, 7) is 0.331. The summed E-state index contributed by atoms with van der Waals surface area (Å²) in [6.07, 6.45) is 2.84. The molecule has 0 aliphatic carbocycles. The fraction of sp³-hybridized carbons (Fsp3) is 0.500. The molecule has 0 saturated carbocycles. The van der Waals surface area contributed by atoms with Gasteiger partial charge in [0.1, 0.15) is 5.75 Å². The summed E-state index contributed by atoms with van der Waals surface area (Å²) in [5.74, 6) is 3.06. The van der Waals surface area contributed by atoms with E-state index in [9.17, 15) is 9.90 Å². The van der Waals surface area contributed by atoms with Gasteiger partial charge in [-0.3, -0.25) is 4.79 Å². The predicted octanol–water partition coefficient (Wildman–Crippen LogP) is 2.12. The summed E-state index contributed by atoms with van der Waals surface area (Å²) >= 11 is 1.96. The molecule has 0 bridgehead atoms. The van der Waals surface area contributed by atoms with E-state index < -0.39 is 0 Å². The summed E-state index contributed by atoms with van der Waals surface area (Å²) in [5.41, 5.74) is 6.91. The van der Waals surface area contributed by atoms with Crippen molar-refractivity contribution in [2.45, 2.75) is 25.8 Å². The van der Waals surface area contributed by atoms with E-state index in [2.05, 4.69) is 5.32 Å². The largest absolute Gasteiger partial charge is 0.508 e. The van der Waals surface area contributed by atoms with Gasteiger partial charge in [0.15, 0.2) is 0 Å². The molecule has 5 heteroatoms. The molecule has 2 rings (SSSR count). The lowest BCUT2D eigenvalue weighted by atomic mass is 9.98. The van der Waals surface area contributed by atoms with E-state index in [1.54, 1.807) is 18.2 Å². The Kier molecular flexibility index (Phi) is 4.96. The molecule has 0 radical (unpaired) electrons. The molecule has 4 nitrogen and oxygen atoms in total. The maximum Gasteiger partial charge on any atom is 0.220 e. The third-order valence-electron chi connectivity index (χ3n) is 3.39. The highest BCUT2D eigenvalue weighted by Gasteiger charge is 2.17. The number of nitrogens with one attached hydrogen (secondary N) is 1. The molecule has 4 N–H and O–H groups in total. The molecule has 19 heavy (non-hydrogen) atoms. The fourth-order valence-corrected chi connectivity index (χ4v) is 3.43. The Morgan fingerprint density at radius 3 is 2.89 bits per heavy atom. The van der Waals surface area contributed by atoms with E-state index in [0.29, 0.717) is 30.1 Å². The molecule has 104 valence electrons. The Morgan fingerprint density at radius 2 is 2.16 bits per heavy atom. The number of carbonyl (C=O) groups is 1. The number of anilines is 1. The molecule has 1 amide bonds. The Hall–Kier alpha value is -1.36. The van der Waals surface area contributed by atoms with Crippen molar-refractivity contribution >= 4 is 23.4 Å². The van der Waals surface area contributed by atoms with Gasteiger partial charge < -0.3 is 16.2 Å². The first-order chi connectivity index (χ1) is 9.15. The number of phenolic OH excluding ortho intramolecular Hbond substituents is 1. The zero-order valence-corrected chi connectivity index (χ0v) is 11.7. The molecule has 0 unspecified atom stereocenters. The number of amides is 1. The molecule has 0 atom stereocenters. The second kappa shape index (κ2) is 6.70. The quantitative estimate of drug-likeness (QED) is 0.583. The van der Waals surface area contributed by atoms with Crippen LogP contribution in [-0.2, 0) is 11.3 Å². The van der Waals surface area contributed by atoms with E-state index in [-0.39, 0.29) is 11.7 Å². The Morgan fingerprint density at radius 1 is 1.42 bits per heavy atom. The van der Waals surface area contributed by atoms with Gasteiger partial charge >= 0.3 is 0 Å². The zero-order chi connectivity index (χ0) is 13.7. The highest BCUT2D eigenvalue weighted by atomic mass is 32.2. The van der Waals surface area contributed by atoms with Crippen molar-refractivity contribution in [3.05, 3.63) is 23.8 Å². The number of hydrogen-bond donors (Lipinski definition) is 3. The van der Waals surface area contributed by atoms with Gasteiger partial charge in [0, 0.05) is 24.2 Å². The number of hydrogen-bond acceptors (Lipinski definition) is 4. The van der Waals surface area contributed by atoms with Crippen molar-refractivity contribution in [1.29, 1.82) is 0 Å². The zero-order valence-electron chi connectivity index (χ0n) is 10.9. The third kappa shape index (κ3) is 4.35. The molecule has 1 aliphatic heterocycles. The van der Waals surface area contributed by atoms with Crippen LogP contribution in [0, 0.1) is 5.92 Å². The maximum atomic E-state index is 11.9. The van der Waals surface area contributed by atoms with Gasteiger partial charge in [-0.1, -0.05) is 0 Å². The van der Waals surface area contributed by atoms with Crippen molar-refractivity contribution < 1.29 is 9.90 Å². The van der Waals surface area contributed by atoms with Gasteiger partial charge in [-0.05, 0) is 48.5 Å². The topological polar surface area (TPSA) is 75.3 Å². The molecule has 1 aromatic carbocycles. The first-order valence-electron chi connectivity index (χ1n) is 6.57. The Bertz CT molecular complexity index is 445. The number of nitrogen functional groups attached to an aromatic ring is 1. The molecule has 1 aliphatic rings. The average molecular weight is 280 g/mol. The van der Waals surface area contributed by atoms with Gasteiger partial charge in [0.25, 0.3) is 0 Å². The van der Waals surface area contributed by atoms with Crippen LogP contribution in [0.3, 0.4) is 0 Å². The minimum Gasteiger partial charge on any atom is -0.508 e. The molecule has 1 aromatic rings. The second-order valence-corrected chi connectivity index (χ2v) is 6.15. The number of aromatic hydroxyl groups is 1. The number of benzene rings is 1. The minimum atomic E-state index is 0.0544.